The number of rotatable bonds is 5. The summed E-state index contributed by atoms with van der Waals surface area (Å²) in [5.41, 5.74) is 3.09. The van der Waals surface area contributed by atoms with E-state index in [9.17, 15) is 9.90 Å². The number of aromatic hydroxyl groups is 1. The normalized spacial score (nSPS) is 16.8. The van der Waals surface area contributed by atoms with Gasteiger partial charge in [0.1, 0.15) is 11.5 Å². The summed E-state index contributed by atoms with van der Waals surface area (Å²) in [5, 5.41) is 9.70. The molecule has 1 fully saturated rings. The van der Waals surface area contributed by atoms with Crippen molar-refractivity contribution in [2.75, 3.05) is 21.3 Å². The minimum atomic E-state index is 0.0203. The smallest absolute Gasteiger partial charge is 0.185 e. The van der Waals surface area contributed by atoms with Gasteiger partial charge in [-0.15, -0.1) is 0 Å². The van der Waals surface area contributed by atoms with Gasteiger partial charge in [-0.2, -0.15) is 0 Å². The number of carbonyl (C=O) groups is 1. The Morgan fingerprint density at radius 3 is 2.22 bits per heavy atom. The largest absolute Gasteiger partial charge is 0.504 e. The van der Waals surface area contributed by atoms with Crippen molar-refractivity contribution in [2.24, 2.45) is 0 Å². The number of methoxy groups -OCH3 is 3. The predicted molar refractivity (Wildman–Crippen MR) is 104 cm³/mol. The van der Waals surface area contributed by atoms with E-state index in [2.05, 4.69) is 0 Å². The second kappa shape index (κ2) is 7.99. The lowest BCUT2D eigenvalue weighted by atomic mass is 10.1. The summed E-state index contributed by atoms with van der Waals surface area (Å²) in [6.07, 6.45) is 5.04. The Labute approximate surface area is 158 Å². The van der Waals surface area contributed by atoms with E-state index in [1.165, 1.54) is 7.11 Å². The number of benzene rings is 2. The van der Waals surface area contributed by atoms with Crippen LogP contribution >= 0.6 is 0 Å². The second-order valence-corrected chi connectivity index (χ2v) is 6.21. The fraction of sp³-hybridized carbons (Fsp3) is 0.227. The molecule has 140 valence electrons. The molecule has 0 aliphatic heterocycles. The van der Waals surface area contributed by atoms with Gasteiger partial charge in [0.05, 0.1) is 21.3 Å². The highest BCUT2D eigenvalue weighted by molar-refractivity contribution is 6.15. The molecule has 0 radical (unpaired) electrons. The fourth-order valence-corrected chi connectivity index (χ4v) is 3.10. The molecular formula is C22H22O5. The number of Topliss-reactive ketones (excluding diaryl/α,β-unsaturated/α-hetero) is 1. The average molecular weight is 366 g/mol. The zero-order valence-corrected chi connectivity index (χ0v) is 15.6. The van der Waals surface area contributed by atoms with Crippen molar-refractivity contribution in [3.8, 4) is 23.0 Å². The summed E-state index contributed by atoms with van der Waals surface area (Å²) < 4.78 is 15.8. The molecule has 1 N–H and O–H groups in total. The van der Waals surface area contributed by atoms with Crippen molar-refractivity contribution in [2.45, 2.75) is 12.8 Å². The van der Waals surface area contributed by atoms with Gasteiger partial charge >= 0.3 is 0 Å². The number of hydrogen-bond donors (Lipinski definition) is 1. The van der Waals surface area contributed by atoms with Gasteiger partial charge in [0.2, 0.25) is 0 Å². The molecule has 1 saturated carbocycles. The standard InChI is InChI=1S/C22H22O5/c1-25-18-7-9-20(26-2)17(13-18)12-16-6-5-15(22(16)24)10-14-4-8-19(23)21(11-14)27-3/h4,7-13,23H,5-6H2,1-3H3/b15-10+,16-12+. The molecule has 0 heterocycles. The monoisotopic (exact) mass is 366 g/mol. The van der Waals surface area contributed by atoms with Crippen molar-refractivity contribution in [3.05, 3.63) is 58.7 Å². The van der Waals surface area contributed by atoms with Crippen LogP contribution in [0.15, 0.2) is 47.5 Å². The lowest BCUT2D eigenvalue weighted by Crippen LogP contribution is -1.97. The molecule has 3 rings (SSSR count). The van der Waals surface area contributed by atoms with Crippen LogP contribution in [0.3, 0.4) is 0 Å². The summed E-state index contributed by atoms with van der Waals surface area (Å²) >= 11 is 0. The summed E-state index contributed by atoms with van der Waals surface area (Å²) in [6.45, 7) is 0. The maximum Gasteiger partial charge on any atom is 0.185 e. The Morgan fingerprint density at radius 2 is 1.56 bits per heavy atom. The molecule has 0 saturated heterocycles. The Hall–Kier alpha value is -3.21. The Kier molecular flexibility index (Phi) is 5.50. The van der Waals surface area contributed by atoms with Gasteiger partial charge in [0.25, 0.3) is 0 Å². The minimum absolute atomic E-state index is 0.0203. The number of phenols is 1. The van der Waals surface area contributed by atoms with Crippen LogP contribution in [-0.4, -0.2) is 32.2 Å². The summed E-state index contributed by atoms with van der Waals surface area (Å²) in [4.78, 5) is 12.8. The maximum atomic E-state index is 12.8. The molecule has 0 bridgehead atoms. The van der Waals surface area contributed by atoms with Crippen molar-refractivity contribution in [1.82, 2.24) is 0 Å². The molecule has 0 unspecified atom stereocenters. The first-order valence-corrected chi connectivity index (χ1v) is 8.60. The highest BCUT2D eigenvalue weighted by Gasteiger charge is 2.23. The molecule has 5 heteroatoms. The van der Waals surface area contributed by atoms with E-state index in [-0.39, 0.29) is 11.5 Å². The second-order valence-electron chi connectivity index (χ2n) is 6.21. The number of ether oxygens (including phenoxy) is 3. The van der Waals surface area contributed by atoms with E-state index >= 15 is 0 Å². The first kappa shape index (κ1) is 18.6. The van der Waals surface area contributed by atoms with Crippen LogP contribution in [0.1, 0.15) is 24.0 Å². The van der Waals surface area contributed by atoms with Crippen LogP contribution < -0.4 is 14.2 Å². The first-order chi connectivity index (χ1) is 13.0. The van der Waals surface area contributed by atoms with Crippen LogP contribution in [-0.2, 0) is 4.79 Å². The van der Waals surface area contributed by atoms with Gasteiger partial charge in [0.15, 0.2) is 17.3 Å². The van der Waals surface area contributed by atoms with Gasteiger partial charge in [-0.25, -0.2) is 0 Å². The zero-order valence-electron chi connectivity index (χ0n) is 15.6. The van der Waals surface area contributed by atoms with E-state index < -0.39 is 0 Å². The van der Waals surface area contributed by atoms with Crippen LogP contribution in [0.2, 0.25) is 0 Å². The van der Waals surface area contributed by atoms with E-state index in [1.54, 1.807) is 32.4 Å². The van der Waals surface area contributed by atoms with Gasteiger partial charge in [-0.1, -0.05) is 6.07 Å². The Morgan fingerprint density at radius 1 is 0.852 bits per heavy atom. The van der Waals surface area contributed by atoms with Crippen molar-refractivity contribution < 1.29 is 24.1 Å². The van der Waals surface area contributed by atoms with E-state index in [1.807, 2.05) is 30.4 Å². The van der Waals surface area contributed by atoms with E-state index in [0.717, 1.165) is 22.3 Å². The summed E-state index contributed by atoms with van der Waals surface area (Å²) in [5.74, 6) is 1.87. The molecule has 5 nitrogen and oxygen atoms in total. The van der Waals surface area contributed by atoms with Gasteiger partial charge in [0, 0.05) is 16.7 Å². The lowest BCUT2D eigenvalue weighted by Gasteiger charge is -2.08. The molecular weight excluding hydrogens is 344 g/mol. The van der Waals surface area contributed by atoms with E-state index in [0.29, 0.717) is 30.1 Å². The molecule has 1 aliphatic rings. The van der Waals surface area contributed by atoms with Crippen LogP contribution in [0.25, 0.3) is 12.2 Å². The number of phenolic OH excluding ortho intramolecular Hbond substituents is 1. The highest BCUT2D eigenvalue weighted by Crippen LogP contribution is 2.34. The number of carbonyl (C=O) groups excluding carboxylic acids is 1. The molecule has 0 amide bonds. The Bertz CT molecular complexity index is 924. The third-order valence-corrected chi connectivity index (χ3v) is 4.56. The summed E-state index contributed by atoms with van der Waals surface area (Å²) in [6, 6.07) is 10.5. The molecule has 0 spiro atoms. The van der Waals surface area contributed by atoms with Crippen molar-refractivity contribution in [3.63, 3.8) is 0 Å². The maximum absolute atomic E-state index is 12.8. The van der Waals surface area contributed by atoms with Gasteiger partial charge in [-0.3, -0.25) is 4.79 Å². The van der Waals surface area contributed by atoms with Gasteiger partial charge in [-0.05, 0) is 60.9 Å². The molecule has 2 aromatic rings. The zero-order chi connectivity index (χ0) is 19.4. The quantitative estimate of drug-likeness (QED) is 0.802. The molecule has 1 aliphatic carbocycles. The molecule has 27 heavy (non-hydrogen) atoms. The van der Waals surface area contributed by atoms with Gasteiger partial charge < -0.3 is 19.3 Å². The van der Waals surface area contributed by atoms with Crippen molar-refractivity contribution >= 4 is 17.9 Å². The average Bonchev–Trinajstić information content (AvgIpc) is 3.02. The topological polar surface area (TPSA) is 65.0 Å². The minimum Gasteiger partial charge on any atom is -0.504 e. The molecule has 2 aromatic carbocycles. The first-order valence-electron chi connectivity index (χ1n) is 8.60. The molecule has 0 aromatic heterocycles. The summed E-state index contributed by atoms with van der Waals surface area (Å²) in [7, 11) is 4.70. The van der Waals surface area contributed by atoms with Crippen LogP contribution in [0.5, 0.6) is 23.0 Å². The third kappa shape index (κ3) is 3.97. The fourth-order valence-electron chi connectivity index (χ4n) is 3.10. The highest BCUT2D eigenvalue weighted by atomic mass is 16.5. The number of ketones is 1. The van der Waals surface area contributed by atoms with E-state index in [4.69, 9.17) is 14.2 Å². The number of hydrogen-bond acceptors (Lipinski definition) is 5. The lowest BCUT2D eigenvalue weighted by molar-refractivity contribution is -0.111. The SMILES string of the molecule is COc1ccc(OC)c(/C=C2\CC/C(=C\c3ccc(O)c(OC)c3)C2=O)c1. The third-order valence-electron chi connectivity index (χ3n) is 4.56. The predicted octanol–water partition coefficient (Wildman–Crippen LogP) is 4.25. The van der Waals surface area contributed by atoms with Crippen LogP contribution in [0.4, 0.5) is 0 Å². The number of allylic oxidation sites excluding steroid dienone is 2. The van der Waals surface area contributed by atoms with Crippen LogP contribution in [0, 0.1) is 0 Å². The molecule has 0 atom stereocenters. The Balaban J connectivity index is 1.90. The van der Waals surface area contributed by atoms with Crippen molar-refractivity contribution in [1.29, 1.82) is 0 Å².